The Balaban J connectivity index is 2.17. The normalized spacial score (nSPS) is 16.0. The summed E-state index contributed by atoms with van der Waals surface area (Å²) in [5.74, 6) is -0.231. The fourth-order valence-corrected chi connectivity index (χ4v) is 2.43. The number of aromatic nitrogens is 2. The molecular formula is C11H13ClN4O4. The van der Waals surface area contributed by atoms with E-state index in [-0.39, 0.29) is 28.5 Å². The third-order valence-electron chi connectivity index (χ3n) is 3.27. The van der Waals surface area contributed by atoms with E-state index in [4.69, 9.17) is 16.3 Å². The molecule has 0 N–H and O–H groups in total. The lowest BCUT2D eigenvalue weighted by atomic mass is 9.97. The van der Waals surface area contributed by atoms with Gasteiger partial charge in [-0.3, -0.25) is 14.9 Å². The predicted octanol–water partition coefficient (Wildman–Crippen LogP) is 1.43. The minimum atomic E-state index is -0.593. The van der Waals surface area contributed by atoms with Gasteiger partial charge in [-0.25, -0.2) is 9.97 Å². The summed E-state index contributed by atoms with van der Waals surface area (Å²) in [6, 6.07) is 0. The van der Waals surface area contributed by atoms with E-state index in [1.807, 2.05) is 0 Å². The Hall–Kier alpha value is -1.96. The molecular weight excluding hydrogens is 288 g/mol. The number of esters is 1. The van der Waals surface area contributed by atoms with Crippen molar-refractivity contribution in [1.82, 2.24) is 9.97 Å². The topological polar surface area (TPSA) is 98.5 Å². The van der Waals surface area contributed by atoms with Crippen LogP contribution in [0.4, 0.5) is 11.5 Å². The van der Waals surface area contributed by atoms with Gasteiger partial charge < -0.3 is 9.64 Å². The Bertz CT molecular complexity index is 531. The molecule has 0 aromatic carbocycles. The molecule has 1 fully saturated rings. The van der Waals surface area contributed by atoms with Gasteiger partial charge in [0.15, 0.2) is 0 Å². The Kier molecular flexibility index (Phi) is 4.33. The molecule has 0 unspecified atom stereocenters. The fourth-order valence-electron chi connectivity index (χ4n) is 2.23. The lowest BCUT2D eigenvalue weighted by Crippen LogP contribution is -2.37. The van der Waals surface area contributed by atoms with Crippen molar-refractivity contribution in [2.75, 3.05) is 25.1 Å². The first-order chi connectivity index (χ1) is 9.54. The molecule has 1 saturated heterocycles. The Labute approximate surface area is 119 Å². The second kappa shape index (κ2) is 6.00. The summed E-state index contributed by atoms with van der Waals surface area (Å²) in [5, 5.41) is 10.9. The number of nitro groups is 1. The summed E-state index contributed by atoms with van der Waals surface area (Å²) in [4.78, 5) is 31.2. The van der Waals surface area contributed by atoms with Crippen LogP contribution in [0.3, 0.4) is 0 Å². The van der Waals surface area contributed by atoms with E-state index in [2.05, 4.69) is 9.97 Å². The minimum absolute atomic E-state index is 0.174. The third kappa shape index (κ3) is 2.79. The lowest BCUT2D eigenvalue weighted by Gasteiger charge is -2.31. The summed E-state index contributed by atoms with van der Waals surface area (Å²) in [6.07, 6.45) is 2.31. The van der Waals surface area contributed by atoms with Crippen molar-refractivity contribution in [3.63, 3.8) is 0 Å². The van der Waals surface area contributed by atoms with Gasteiger partial charge in [-0.2, -0.15) is 0 Å². The quantitative estimate of drug-likeness (QED) is 0.360. The molecule has 0 atom stereocenters. The monoisotopic (exact) mass is 300 g/mol. The van der Waals surface area contributed by atoms with E-state index < -0.39 is 4.92 Å². The first-order valence-electron chi connectivity index (χ1n) is 6.02. The number of hydrogen-bond donors (Lipinski definition) is 0. The van der Waals surface area contributed by atoms with Crippen molar-refractivity contribution >= 4 is 29.1 Å². The summed E-state index contributed by atoms with van der Waals surface area (Å²) in [7, 11) is 1.35. The standard InChI is InChI=1S/C11H13ClN4O4/c1-20-11(17)7-2-4-15(5-3-7)10-8(16(18)19)9(12)13-6-14-10/h6-7H,2-5H2,1H3. The maximum absolute atomic E-state index is 11.4. The molecule has 1 aromatic heterocycles. The molecule has 2 heterocycles. The number of hydrogen-bond acceptors (Lipinski definition) is 7. The molecule has 1 aliphatic heterocycles. The smallest absolute Gasteiger partial charge is 0.348 e. The van der Waals surface area contributed by atoms with Crippen LogP contribution in [-0.4, -0.2) is 41.1 Å². The van der Waals surface area contributed by atoms with E-state index in [1.54, 1.807) is 4.90 Å². The zero-order valence-corrected chi connectivity index (χ0v) is 11.5. The molecule has 108 valence electrons. The Morgan fingerprint density at radius 1 is 1.50 bits per heavy atom. The molecule has 0 amide bonds. The molecule has 2 rings (SSSR count). The number of anilines is 1. The van der Waals surface area contributed by atoms with Gasteiger partial charge in [-0.15, -0.1) is 0 Å². The molecule has 0 bridgehead atoms. The van der Waals surface area contributed by atoms with E-state index >= 15 is 0 Å². The molecule has 0 spiro atoms. The number of halogens is 1. The van der Waals surface area contributed by atoms with Crippen LogP contribution >= 0.6 is 11.6 Å². The van der Waals surface area contributed by atoms with Crippen LogP contribution < -0.4 is 4.90 Å². The highest BCUT2D eigenvalue weighted by Gasteiger charge is 2.31. The largest absolute Gasteiger partial charge is 0.469 e. The van der Waals surface area contributed by atoms with Gasteiger partial charge in [0.05, 0.1) is 18.0 Å². The second-order valence-corrected chi connectivity index (χ2v) is 4.74. The van der Waals surface area contributed by atoms with Crippen molar-refractivity contribution in [1.29, 1.82) is 0 Å². The predicted molar refractivity (Wildman–Crippen MR) is 70.6 cm³/mol. The first-order valence-corrected chi connectivity index (χ1v) is 6.40. The number of methoxy groups -OCH3 is 1. The summed E-state index contributed by atoms with van der Waals surface area (Å²) >= 11 is 5.75. The molecule has 0 radical (unpaired) electrons. The number of rotatable bonds is 3. The zero-order valence-electron chi connectivity index (χ0n) is 10.8. The molecule has 20 heavy (non-hydrogen) atoms. The van der Waals surface area contributed by atoms with Gasteiger partial charge in [0.25, 0.3) is 0 Å². The van der Waals surface area contributed by atoms with Crippen LogP contribution in [0.25, 0.3) is 0 Å². The molecule has 0 aliphatic carbocycles. The van der Waals surface area contributed by atoms with E-state index in [9.17, 15) is 14.9 Å². The van der Waals surface area contributed by atoms with Crippen LogP contribution in [0, 0.1) is 16.0 Å². The fraction of sp³-hybridized carbons (Fsp3) is 0.545. The SMILES string of the molecule is COC(=O)C1CCN(c2ncnc(Cl)c2[N+](=O)[O-])CC1. The maximum atomic E-state index is 11.4. The third-order valence-corrected chi connectivity index (χ3v) is 3.55. The molecule has 1 aliphatic rings. The average Bonchev–Trinajstić information content (AvgIpc) is 2.46. The number of ether oxygens (including phenoxy) is 1. The summed E-state index contributed by atoms with van der Waals surface area (Å²) in [6.45, 7) is 0.960. The maximum Gasteiger partial charge on any atom is 0.348 e. The highest BCUT2D eigenvalue weighted by atomic mass is 35.5. The lowest BCUT2D eigenvalue weighted by molar-refractivity contribution is -0.384. The van der Waals surface area contributed by atoms with Gasteiger partial charge in [-0.05, 0) is 12.8 Å². The van der Waals surface area contributed by atoms with Crippen molar-refractivity contribution in [2.24, 2.45) is 5.92 Å². The number of piperidine rings is 1. The van der Waals surface area contributed by atoms with Crippen LogP contribution in [0.2, 0.25) is 5.15 Å². The highest BCUT2D eigenvalue weighted by Crippen LogP contribution is 2.33. The van der Waals surface area contributed by atoms with E-state index in [1.165, 1.54) is 13.4 Å². The van der Waals surface area contributed by atoms with Crippen molar-refractivity contribution in [2.45, 2.75) is 12.8 Å². The van der Waals surface area contributed by atoms with Crippen molar-refractivity contribution in [3.05, 3.63) is 21.6 Å². The van der Waals surface area contributed by atoms with Crippen LogP contribution in [0.5, 0.6) is 0 Å². The molecule has 1 aromatic rings. The van der Waals surface area contributed by atoms with Gasteiger partial charge in [0.1, 0.15) is 6.33 Å². The minimum Gasteiger partial charge on any atom is -0.469 e. The van der Waals surface area contributed by atoms with Gasteiger partial charge in [0.2, 0.25) is 11.0 Å². The Morgan fingerprint density at radius 2 is 2.15 bits per heavy atom. The molecule has 8 nitrogen and oxygen atoms in total. The summed E-state index contributed by atoms with van der Waals surface area (Å²) < 4.78 is 4.70. The first kappa shape index (κ1) is 14.4. The number of carbonyl (C=O) groups excluding carboxylic acids is 1. The highest BCUT2D eigenvalue weighted by molar-refractivity contribution is 6.31. The number of nitrogens with zero attached hydrogens (tertiary/aromatic N) is 4. The zero-order chi connectivity index (χ0) is 14.7. The van der Waals surface area contributed by atoms with Crippen molar-refractivity contribution in [3.8, 4) is 0 Å². The second-order valence-electron chi connectivity index (χ2n) is 4.38. The van der Waals surface area contributed by atoms with Crippen LogP contribution in [0.15, 0.2) is 6.33 Å². The molecule has 9 heteroatoms. The molecule has 0 saturated carbocycles. The van der Waals surface area contributed by atoms with E-state index in [0.29, 0.717) is 25.9 Å². The van der Waals surface area contributed by atoms with Crippen LogP contribution in [-0.2, 0) is 9.53 Å². The van der Waals surface area contributed by atoms with Gasteiger partial charge in [0, 0.05) is 13.1 Å². The van der Waals surface area contributed by atoms with E-state index in [0.717, 1.165) is 0 Å². The van der Waals surface area contributed by atoms with Crippen molar-refractivity contribution < 1.29 is 14.5 Å². The average molecular weight is 301 g/mol. The van der Waals surface area contributed by atoms with Gasteiger partial charge in [-0.1, -0.05) is 11.6 Å². The summed E-state index contributed by atoms with van der Waals surface area (Å²) in [5.41, 5.74) is -0.300. The Morgan fingerprint density at radius 3 is 2.70 bits per heavy atom. The van der Waals surface area contributed by atoms with Gasteiger partial charge >= 0.3 is 11.7 Å². The number of carbonyl (C=O) groups is 1. The van der Waals surface area contributed by atoms with Crippen LogP contribution in [0.1, 0.15) is 12.8 Å².